The maximum atomic E-state index is 11.8. The number of cyclic esters (lactones) is 1. The molecule has 0 aromatic rings. The fourth-order valence-corrected chi connectivity index (χ4v) is 1.70. The predicted molar refractivity (Wildman–Crippen MR) is 58.6 cm³/mol. The summed E-state index contributed by atoms with van der Waals surface area (Å²) in [4.78, 5) is 23.1. The molecule has 0 aliphatic carbocycles. The fourth-order valence-electron chi connectivity index (χ4n) is 1.70. The molecule has 4 heteroatoms. The van der Waals surface area contributed by atoms with Gasteiger partial charge in [-0.15, -0.1) is 0 Å². The first-order chi connectivity index (χ1) is 7.08. The molecule has 1 rings (SSSR count). The molecule has 0 N–H and O–H groups in total. The average molecular weight is 226 g/mol. The van der Waals surface area contributed by atoms with Crippen LogP contribution in [0.1, 0.15) is 34.6 Å². The molecule has 1 saturated heterocycles. The summed E-state index contributed by atoms with van der Waals surface area (Å²) < 4.78 is 10.5. The highest BCUT2D eigenvalue weighted by molar-refractivity contribution is 5.89. The molecule has 0 aromatic carbocycles. The van der Waals surface area contributed by atoms with E-state index < -0.39 is 28.6 Å². The van der Waals surface area contributed by atoms with Gasteiger partial charge in [-0.2, -0.15) is 0 Å². The van der Waals surface area contributed by atoms with Gasteiger partial charge < -0.3 is 9.47 Å². The molecule has 4 nitrogen and oxygen atoms in total. The van der Waals surface area contributed by atoms with Gasteiger partial charge in [-0.1, -0.05) is 20.4 Å². The molecule has 1 fully saturated rings. The molecule has 0 bridgehead atoms. The summed E-state index contributed by atoms with van der Waals surface area (Å²) in [7, 11) is 0. The van der Waals surface area contributed by atoms with Crippen molar-refractivity contribution in [3.8, 4) is 0 Å². The number of esters is 2. The van der Waals surface area contributed by atoms with Crippen LogP contribution in [0.4, 0.5) is 0 Å². The lowest BCUT2D eigenvalue weighted by molar-refractivity contribution is -0.173. The first-order valence-electron chi connectivity index (χ1n) is 5.17. The Morgan fingerprint density at radius 2 is 1.81 bits per heavy atom. The van der Waals surface area contributed by atoms with Crippen molar-refractivity contribution in [3.05, 3.63) is 12.7 Å². The van der Waals surface area contributed by atoms with Gasteiger partial charge in [0.2, 0.25) is 5.60 Å². The van der Waals surface area contributed by atoms with Crippen molar-refractivity contribution < 1.29 is 19.1 Å². The Hall–Kier alpha value is -1.32. The highest BCUT2D eigenvalue weighted by atomic mass is 16.6. The van der Waals surface area contributed by atoms with Crippen LogP contribution in [-0.4, -0.2) is 23.1 Å². The predicted octanol–water partition coefficient (Wildman–Crippen LogP) is 1.84. The first kappa shape index (κ1) is 12.7. The molecule has 1 heterocycles. The molecule has 0 aromatic heterocycles. The molecule has 1 unspecified atom stereocenters. The van der Waals surface area contributed by atoms with Gasteiger partial charge in [0, 0.05) is 6.08 Å². The largest absolute Gasteiger partial charge is 0.456 e. The molecular weight excluding hydrogens is 208 g/mol. The maximum absolute atomic E-state index is 11.8. The zero-order valence-corrected chi connectivity index (χ0v) is 10.4. The fraction of sp³-hybridized carbons (Fsp3) is 0.667. The summed E-state index contributed by atoms with van der Waals surface area (Å²) in [6.45, 7) is 12.2. The number of carbonyl (C=O) groups excluding carboxylic acids is 2. The summed E-state index contributed by atoms with van der Waals surface area (Å²) in [6, 6.07) is 0. The molecule has 0 saturated carbocycles. The molecule has 0 radical (unpaired) electrons. The van der Waals surface area contributed by atoms with Gasteiger partial charge in [-0.25, -0.2) is 9.59 Å². The van der Waals surface area contributed by atoms with Gasteiger partial charge >= 0.3 is 11.9 Å². The second-order valence-electron chi connectivity index (χ2n) is 5.18. The quantitative estimate of drug-likeness (QED) is 0.532. The lowest BCUT2D eigenvalue weighted by Gasteiger charge is -2.39. The normalized spacial score (nSPS) is 30.7. The average Bonchev–Trinajstić information content (AvgIpc) is 2.25. The zero-order valence-electron chi connectivity index (χ0n) is 10.4. The zero-order chi connectivity index (χ0) is 12.8. The van der Waals surface area contributed by atoms with E-state index in [0.717, 1.165) is 6.08 Å². The van der Waals surface area contributed by atoms with Gasteiger partial charge in [0.05, 0.1) is 5.41 Å². The molecular formula is C12H18O4. The summed E-state index contributed by atoms with van der Waals surface area (Å²) in [5.74, 6) is -1.14. The smallest absolute Gasteiger partial charge is 0.351 e. The van der Waals surface area contributed by atoms with Crippen LogP contribution in [-0.2, 0) is 19.1 Å². The minimum Gasteiger partial charge on any atom is -0.456 e. The molecule has 1 atom stereocenters. The van der Waals surface area contributed by atoms with E-state index >= 15 is 0 Å². The van der Waals surface area contributed by atoms with Crippen LogP contribution in [0.2, 0.25) is 0 Å². The highest BCUT2D eigenvalue weighted by Gasteiger charge is 2.66. The van der Waals surface area contributed by atoms with Crippen LogP contribution >= 0.6 is 0 Å². The van der Waals surface area contributed by atoms with Gasteiger partial charge in [0.1, 0.15) is 5.60 Å². The molecule has 1 aliphatic rings. The van der Waals surface area contributed by atoms with E-state index in [-0.39, 0.29) is 0 Å². The Kier molecular flexibility index (Phi) is 2.66. The van der Waals surface area contributed by atoms with Crippen molar-refractivity contribution in [3.63, 3.8) is 0 Å². The number of hydrogen-bond acceptors (Lipinski definition) is 4. The Balaban J connectivity index is 3.16. The minimum absolute atomic E-state index is 0.516. The van der Waals surface area contributed by atoms with Crippen molar-refractivity contribution in [2.45, 2.75) is 45.8 Å². The van der Waals surface area contributed by atoms with Crippen molar-refractivity contribution in [1.82, 2.24) is 0 Å². The lowest BCUT2D eigenvalue weighted by Crippen LogP contribution is -2.52. The molecule has 0 amide bonds. The van der Waals surface area contributed by atoms with Crippen molar-refractivity contribution in [1.29, 1.82) is 0 Å². The number of carbonyl (C=O) groups is 2. The van der Waals surface area contributed by atoms with Gasteiger partial charge in [0.25, 0.3) is 0 Å². The second-order valence-corrected chi connectivity index (χ2v) is 5.18. The third kappa shape index (κ3) is 1.44. The Morgan fingerprint density at radius 1 is 1.31 bits per heavy atom. The standard InChI is InChI=1S/C12H18O4/c1-7-8(13)15-12(6)9(14)16-11(4,5)10(12,2)3/h7H,1H2,2-6H3. The maximum Gasteiger partial charge on any atom is 0.351 e. The third-order valence-electron chi connectivity index (χ3n) is 3.91. The van der Waals surface area contributed by atoms with Gasteiger partial charge in [0.15, 0.2) is 0 Å². The van der Waals surface area contributed by atoms with E-state index in [2.05, 4.69) is 6.58 Å². The molecule has 16 heavy (non-hydrogen) atoms. The van der Waals surface area contributed by atoms with E-state index in [9.17, 15) is 9.59 Å². The Bertz CT molecular complexity index is 354. The van der Waals surface area contributed by atoms with E-state index in [0.29, 0.717) is 0 Å². The number of hydrogen-bond donors (Lipinski definition) is 0. The summed E-state index contributed by atoms with van der Waals surface area (Å²) in [5, 5.41) is 0. The van der Waals surface area contributed by atoms with Gasteiger partial charge in [-0.05, 0) is 20.8 Å². The van der Waals surface area contributed by atoms with Crippen LogP contribution < -0.4 is 0 Å². The van der Waals surface area contributed by atoms with Crippen LogP contribution in [0, 0.1) is 5.41 Å². The summed E-state index contributed by atoms with van der Waals surface area (Å²) >= 11 is 0. The van der Waals surface area contributed by atoms with E-state index in [1.807, 2.05) is 13.8 Å². The van der Waals surface area contributed by atoms with Gasteiger partial charge in [-0.3, -0.25) is 0 Å². The minimum atomic E-state index is -1.28. The van der Waals surface area contributed by atoms with E-state index in [1.54, 1.807) is 20.8 Å². The van der Waals surface area contributed by atoms with Crippen LogP contribution in [0.5, 0.6) is 0 Å². The monoisotopic (exact) mass is 226 g/mol. The topological polar surface area (TPSA) is 52.6 Å². The number of rotatable bonds is 2. The third-order valence-corrected chi connectivity index (χ3v) is 3.91. The first-order valence-corrected chi connectivity index (χ1v) is 5.17. The van der Waals surface area contributed by atoms with Crippen molar-refractivity contribution >= 4 is 11.9 Å². The van der Waals surface area contributed by atoms with E-state index in [1.165, 1.54) is 0 Å². The molecule has 1 aliphatic heterocycles. The van der Waals surface area contributed by atoms with Crippen molar-refractivity contribution in [2.75, 3.05) is 0 Å². The highest BCUT2D eigenvalue weighted by Crippen LogP contribution is 2.51. The Morgan fingerprint density at radius 3 is 2.12 bits per heavy atom. The van der Waals surface area contributed by atoms with E-state index in [4.69, 9.17) is 9.47 Å². The lowest BCUT2D eigenvalue weighted by atomic mass is 9.68. The SMILES string of the molecule is C=CC(=O)OC1(C)C(=O)OC(C)(C)C1(C)C. The van der Waals surface area contributed by atoms with Crippen molar-refractivity contribution in [2.24, 2.45) is 5.41 Å². The second kappa shape index (κ2) is 3.34. The molecule has 90 valence electrons. The van der Waals surface area contributed by atoms with Crippen LogP contribution in [0.3, 0.4) is 0 Å². The van der Waals surface area contributed by atoms with Crippen LogP contribution in [0.15, 0.2) is 12.7 Å². The number of ether oxygens (including phenoxy) is 2. The summed E-state index contributed by atoms with van der Waals surface area (Å²) in [6.07, 6.45) is 1.04. The summed E-state index contributed by atoms with van der Waals surface area (Å²) in [5.41, 5.74) is -2.57. The van der Waals surface area contributed by atoms with Crippen LogP contribution in [0.25, 0.3) is 0 Å². The Labute approximate surface area is 95.6 Å². The molecule has 0 spiro atoms.